The minimum Gasteiger partial charge on any atom is -0.466 e. The summed E-state index contributed by atoms with van der Waals surface area (Å²) in [6.07, 6.45) is 0. The van der Waals surface area contributed by atoms with Crippen molar-refractivity contribution in [3.63, 3.8) is 0 Å². The molecule has 74 valence electrons. The second-order valence-corrected chi connectivity index (χ2v) is 4.09. The smallest absolute Gasteiger partial charge is 0.258 e. The fourth-order valence-electron chi connectivity index (χ4n) is 1.41. The van der Waals surface area contributed by atoms with Crippen molar-refractivity contribution in [1.29, 1.82) is 0 Å². The van der Waals surface area contributed by atoms with E-state index in [9.17, 15) is 4.79 Å². The fraction of sp³-hybridized carbons (Fsp3) is 0.300. The van der Waals surface area contributed by atoms with Crippen LogP contribution in [0.5, 0.6) is 5.75 Å². The highest BCUT2D eigenvalue weighted by molar-refractivity contribution is 6.32. The standard InChI is InChI=1S/C10H10ClNO2/c1-10(2)12-9(13)6-4-3-5-7(11)8(6)14-10/h3-5H,1-2H3,(H,12,13). The van der Waals surface area contributed by atoms with Crippen molar-refractivity contribution in [2.75, 3.05) is 0 Å². The second kappa shape index (κ2) is 2.89. The van der Waals surface area contributed by atoms with Crippen molar-refractivity contribution in [2.45, 2.75) is 19.6 Å². The first kappa shape index (κ1) is 9.34. The minimum absolute atomic E-state index is 0.154. The van der Waals surface area contributed by atoms with Crippen molar-refractivity contribution >= 4 is 17.5 Å². The lowest BCUT2D eigenvalue weighted by atomic mass is 10.1. The van der Waals surface area contributed by atoms with Gasteiger partial charge in [-0.15, -0.1) is 0 Å². The summed E-state index contributed by atoms with van der Waals surface area (Å²) in [6, 6.07) is 5.11. The topological polar surface area (TPSA) is 38.3 Å². The van der Waals surface area contributed by atoms with Crippen LogP contribution < -0.4 is 10.1 Å². The van der Waals surface area contributed by atoms with E-state index in [-0.39, 0.29) is 5.91 Å². The first-order valence-electron chi connectivity index (χ1n) is 4.30. The number of carbonyl (C=O) groups excluding carboxylic acids is 1. The van der Waals surface area contributed by atoms with Crippen molar-refractivity contribution in [3.8, 4) is 5.75 Å². The predicted molar refractivity (Wildman–Crippen MR) is 53.6 cm³/mol. The van der Waals surface area contributed by atoms with Crippen LogP contribution in [-0.2, 0) is 0 Å². The van der Waals surface area contributed by atoms with Gasteiger partial charge in [-0.1, -0.05) is 17.7 Å². The first-order chi connectivity index (χ1) is 6.49. The van der Waals surface area contributed by atoms with Crippen LogP contribution in [0.25, 0.3) is 0 Å². The molecule has 4 heteroatoms. The molecule has 1 heterocycles. The molecule has 0 spiro atoms. The Morgan fingerprint density at radius 1 is 1.43 bits per heavy atom. The van der Waals surface area contributed by atoms with Gasteiger partial charge in [0.05, 0.1) is 10.6 Å². The highest BCUT2D eigenvalue weighted by Gasteiger charge is 2.32. The molecule has 0 aromatic heterocycles. The molecule has 3 nitrogen and oxygen atoms in total. The molecule has 1 aliphatic rings. The van der Waals surface area contributed by atoms with Crippen LogP contribution >= 0.6 is 11.6 Å². The summed E-state index contributed by atoms with van der Waals surface area (Å²) in [5.74, 6) is 0.307. The molecule has 1 aromatic carbocycles. The zero-order chi connectivity index (χ0) is 10.3. The summed E-state index contributed by atoms with van der Waals surface area (Å²) in [6.45, 7) is 3.55. The summed E-state index contributed by atoms with van der Waals surface area (Å²) in [5.41, 5.74) is -0.216. The number of hydrogen-bond donors (Lipinski definition) is 1. The Hall–Kier alpha value is -1.22. The van der Waals surface area contributed by atoms with Crippen LogP contribution in [0.3, 0.4) is 0 Å². The molecule has 14 heavy (non-hydrogen) atoms. The second-order valence-electron chi connectivity index (χ2n) is 3.68. The molecule has 1 aromatic rings. The van der Waals surface area contributed by atoms with Gasteiger partial charge in [0.1, 0.15) is 0 Å². The summed E-state index contributed by atoms with van der Waals surface area (Å²) >= 11 is 5.93. The fourth-order valence-corrected chi connectivity index (χ4v) is 1.63. The van der Waals surface area contributed by atoms with Crippen LogP contribution in [0, 0.1) is 0 Å². The normalized spacial score (nSPS) is 18.1. The van der Waals surface area contributed by atoms with E-state index in [1.807, 2.05) is 0 Å². The number of rotatable bonds is 0. The van der Waals surface area contributed by atoms with Gasteiger partial charge in [-0.25, -0.2) is 0 Å². The van der Waals surface area contributed by atoms with Crippen LogP contribution in [0.2, 0.25) is 5.02 Å². The van der Waals surface area contributed by atoms with Gasteiger partial charge in [-0.3, -0.25) is 4.79 Å². The molecule has 0 aliphatic carbocycles. The molecule has 0 saturated heterocycles. The van der Waals surface area contributed by atoms with Gasteiger partial charge in [0, 0.05) is 0 Å². The van der Waals surface area contributed by atoms with E-state index in [1.165, 1.54) is 0 Å². The van der Waals surface area contributed by atoms with Crippen LogP contribution in [0.4, 0.5) is 0 Å². The SMILES string of the molecule is CC1(C)NC(=O)c2cccc(Cl)c2O1. The maximum Gasteiger partial charge on any atom is 0.258 e. The van der Waals surface area contributed by atoms with Gasteiger partial charge >= 0.3 is 0 Å². The lowest BCUT2D eigenvalue weighted by Gasteiger charge is -2.33. The highest BCUT2D eigenvalue weighted by atomic mass is 35.5. The number of fused-ring (bicyclic) bond motifs is 1. The maximum atomic E-state index is 11.6. The molecule has 2 rings (SSSR count). The number of halogens is 1. The Bertz CT molecular complexity index is 401. The van der Waals surface area contributed by atoms with E-state index in [0.717, 1.165) is 0 Å². The van der Waals surface area contributed by atoms with E-state index >= 15 is 0 Å². The average Bonchev–Trinajstić information content (AvgIpc) is 2.05. The number of amides is 1. The summed E-state index contributed by atoms with van der Waals surface area (Å²) < 4.78 is 5.56. The maximum absolute atomic E-state index is 11.6. The number of carbonyl (C=O) groups is 1. The number of benzene rings is 1. The van der Waals surface area contributed by atoms with E-state index < -0.39 is 5.72 Å². The van der Waals surface area contributed by atoms with E-state index in [4.69, 9.17) is 16.3 Å². The lowest BCUT2D eigenvalue weighted by Crippen LogP contribution is -2.51. The van der Waals surface area contributed by atoms with Gasteiger partial charge in [0.25, 0.3) is 5.91 Å². The number of ether oxygens (including phenoxy) is 1. The Kier molecular flexibility index (Phi) is 1.93. The number of para-hydroxylation sites is 1. The van der Waals surface area contributed by atoms with Gasteiger partial charge < -0.3 is 10.1 Å². The van der Waals surface area contributed by atoms with Crippen LogP contribution in [0.15, 0.2) is 18.2 Å². The molecule has 1 amide bonds. The Morgan fingerprint density at radius 2 is 2.14 bits per heavy atom. The third kappa shape index (κ3) is 1.44. The molecule has 0 saturated carbocycles. The largest absolute Gasteiger partial charge is 0.466 e. The molecular weight excluding hydrogens is 202 g/mol. The Labute approximate surface area is 87.0 Å². The number of nitrogens with one attached hydrogen (secondary N) is 1. The zero-order valence-corrected chi connectivity index (χ0v) is 8.68. The summed E-state index contributed by atoms with van der Waals surface area (Å²) in [5, 5.41) is 3.18. The third-order valence-electron chi connectivity index (χ3n) is 1.98. The Morgan fingerprint density at radius 3 is 2.86 bits per heavy atom. The van der Waals surface area contributed by atoms with E-state index in [0.29, 0.717) is 16.3 Å². The minimum atomic E-state index is -0.699. The molecule has 0 fully saturated rings. The molecule has 0 unspecified atom stereocenters. The van der Waals surface area contributed by atoms with Gasteiger partial charge in [-0.05, 0) is 26.0 Å². The van der Waals surface area contributed by atoms with Crippen LogP contribution in [-0.4, -0.2) is 11.6 Å². The molecule has 0 radical (unpaired) electrons. The molecule has 0 atom stereocenters. The highest BCUT2D eigenvalue weighted by Crippen LogP contribution is 2.34. The van der Waals surface area contributed by atoms with Crippen molar-refractivity contribution < 1.29 is 9.53 Å². The van der Waals surface area contributed by atoms with E-state index in [1.54, 1.807) is 32.0 Å². The molecular formula is C10H10ClNO2. The zero-order valence-electron chi connectivity index (χ0n) is 7.93. The molecule has 0 bridgehead atoms. The van der Waals surface area contributed by atoms with Crippen molar-refractivity contribution in [2.24, 2.45) is 0 Å². The monoisotopic (exact) mass is 211 g/mol. The lowest BCUT2D eigenvalue weighted by molar-refractivity contribution is 0.0433. The number of hydrogen-bond acceptors (Lipinski definition) is 2. The van der Waals surface area contributed by atoms with Crippen LogP contribution in [0.1, 0.15) is 24.2 Å². The molecule has 1 aliphatic heterocycles. The van der Waals surface area contributed by atoms with Crippen molar-refractivity contribution in [1.82, 2.24) is 5.32 Å². The van der Waals surface area contributed by atoms with Gasteiger partial charge in [0.15, 0.2) is 11.5 Å². The summed E-state index contributed by atoms with van der Waals surface area (Å²) in [7, 11) is 0. The quantitative estimate of drug-likeness (QED) is 0.715. The molecule has 1 N–H and O–H groups in total. The Balaban J connectivity index is 2.56. The van der Waals surface area contributed by atoms with E-state index in [2.05, 4.69) is 5.32 Å². The third-order valence-corrected chi connectivity index (χ3v) is 2.28. The van der Waals surface area contributed by atoms with Gasteiger partial charge in [-0.2, -0.15) is 0 Å². The van der Waals surface area contributed by atoms with Gasteiger partial charge in [0.2, 0.25) is 0 Å². The predicted octanol–water partition coefficient (Wildman–Crippen LogP) is 2.20. The first-order valence-corrected chi connectivity index (χ1v) is 4.67. The average molecular weight is 212 g/mol. The van der Waals surface area contributed by atoms with Crippen molar-refractivity contribution in [3.05, 3.63) is 28.8 Å². The summed E-state index contributed by atoms with van der Waals surface area (Å²) in [4.78, 5) is 11.6.